The molecule has 1 aromatic carbocycles. The van der Waals surface area contributed by atoms with Gasteiger partial charge in [-0.05, 0) is 18.1 Å². The number of rotatable bonds is 10. The molecule has 33 heavy (non-hydrogen) atoms. The lowest BCUT2D eigenvalue weighted by molar-refractivity contribution is -0.117. The highest BCUT2D eigenvalue weighted by atomic mass is 32.1. The molecule has 10 heteroatoms. The van der Waals surface area contributed by atoms with Gasteiger partial charge in [0.1, 0.15) is 11.6 Å². The minimum Gasteiger partial charge on any atom is -0.460 e. The van der Waals surface area contributed by atoms with E-state index in [1.165, 1.54) is 12.7 Å². The Morgan fingerprint density at radius 3 is 2.36 bits per heavy atom. The summed E-state index contributed by atoms with van der Waals surface area (Å²) in [5, 5.41) is 3.06. The van der Waals surface area contributed by atoms with Crippen LogP contribution in [0.5, 0.6) is 0 Å². The van der Waals surface area contributed by atoms with Gasteiger partial charge in [0.15, 0.2) is 0 Å². The lowest BCUT2D eigenvalue weighted by atomic mass is 10.1. The fourth-order valence-electron chi connectivity index (χ4n) is 3.69. The fourth-order valence-corrected chi connectivity index (χ4v) is 4.75. The molecule has 3 rings (SSSR count). The molecule has 1 saturated heterocycles. The third kappa shape index (κ3) is 6.84. The summed E-state index contributed by atoms with van der Waals surface area (Å²) in [7, 11) is 1.50. The van der Waals surface area contributed by atoms with E-state index in [-0.39, 0.29) is 41.1 Å². The number of methoxy groups -OCH3 is 1. The zero-order chi connectivity index (χ0) is 23.8. The first kappa shape index (κ1) is 24.8. The van der Waals surface area contributed by atoms with Crippen molar-refractivity contribution in [3.05, 3.63) is 51.9 Å². The summed E-state index contributed by atoms with van der Waals surface area (Å²) in [5.41, 5.74) is 7.27. The number of thiophene rings is 1. The van der Waals surface area contributed by atoms with Crippen LogP contribution in [0.3, 0.4) is 0 Å². The summed E-state index contributed by atoms with van der Waals surface area (Å²) in [6.45, 7) is 6.27. The van der Waals surface area contributed by atoms with Crippen LogP contribution in [0.4, 0.5) is 5.00 Å². The minimum atomic E-state index is -0.654. The molecule has 0 spiro atoms. The summed E-state index contributed by atoms with van der Waals surface area (Å²) >= 11 is 0.988. The van der Waals surface area contributed by atoms with E-state index in [1.807, 2.05) is 18.2 Å². The molecule has 2 aromatic rings. The van der Waals surface area contributed by atoms with Crippen molar-refractivity contribution < 1.29 is 23.9 Å². The Kier molecular flexibility index (Phi) is 8.95. The van der Waals surface area contributed by atoms with Crippen molar-refractivity contribution in [3.63, 3.8) is 0 Å². The average molecular weight is 475 g/mol. The number of esters is 1. The second-order valence-electron chi connectivity index (χ2n) is 7.84. The zero-order valence-electron chi connectivity index (χ0n) is 19.0. The molecule has 0 unspecified atom stereocenters. The van der Waals surface area contributed by atoms with Gasteiger partial charge < -0.3 is 20.5 Å². The van der Waals surface area contributed by atoms with Gasteiger partial charge in [0.25, 0.3) is 5.91 Å². The standard InChI is InChI=1S/C23H30N4O5S/c1-16-19(23(30)32-13-12-31-2)22(33-20(16)21(24)29)25-18(28)15-27-10-8-26(9-11-27)14-17-6-4-3-5-7-17/h3-7H,8-15H2,1-2H3,(H2,24,29)(H,25,28). The lowest BCUT2D eigenvalue weighted by Crippen LogP contribution is -2.48. The molecule has 1 fully saturated rings. The van der Waals surface area contributed by atoms with Crippen LogP contribution in [0.2, 0.25) is 0 Å². The van der Waals surface area contributed by atoms with Gasteiger partial charge >= 0.3 is 5.97 Å². The first-order valence-corrected chi connectivity index (χ1v) is 11.6. The second-order valence-corrected chi connectivity index (χ2v) is 8.86. The molecule has 9 nitrogen and oxygen atoms in total. The Morgan fingerprint density at radius 1 is 1.06 bits per heavy atom. The third-order valence-corrected chi connectivity index (χ3v) is 6.65. The van der Waals surface area contributed by atoms with Gasteiger partial charge in [-0.3, -0.25) is 19.4 Å². The lowest BCUT2D eigenvalue weighted by Gasteiger charge is -2.34. The minimum absolute atomic E-state index is 0.0666. The number of nitrogens with two attached hydrogens (primary N) is 1. The van der Waals surface area contributed by atoms with Crippen molar-refractivity contribution in [2.75, 3.05) is 58.4 Å². The Balaban J connectivity index is 1.58. The van der Waals surface area contributed by atoms with Gasteiger partial charge in [-0.15, -0.1) is 11.3 Å². The van der Waals surface area contributed by atoms with E-state index in [9.17, 15) is 14.4 Å². The topological polar surface area (TPSA) is 114 Å². The number of amides is 2. The van der Waals surface area contributed by atoms with E-state index in [2.05, 4.69) is 27.2 Å². The van der Waals surface area contributed by atoms with E-state index >= 15 is 0 Å². The Labute approximate surface area is 197 Å². The van der Waals surface area contributed by atoms with Crippen molar-refractivity contribution in [1.29, 1.82) is 0 Å². The maximum Gasteiger partial charge on any atom is 0.341 e. The summed E-state index contributed by atoms with van der Waals surface area (Å²) in [6, 6.07) is 10.3. The molecule has 0 radical (unpaired) electrons. The van der Waals surface area contributed by atoms with Crippen LogP contribution in [0.25, 0.3) is 0 Å². The van der Waals surface area contributed by atoms with Crippen molar-refractivity contribution >= 4 is 34.1 Å². The first-order valence-electron chi connectivity index (χ1n) is 10.8. The molecule has 2 amide bonds. The largest absolute Gasteiger partial charge is 0.460 e. The van der Waals surface area contributed by atoms with Crippen molar-refractivity contribution in [1.82, 2.24) is 9.80 Å². The molecule has 0 atom stereocenters. The van der Waals surface area contributed by atoms with Gasteiger partial charge in [-0.1, -0.05) is 30.3 Å². The summed E-state index contributed by atoms with van der Waals surface area (Å²) in [6.07, 6.45) is 0. The van der Waals surface area contributed by atoms with Gasteiger partial charge in [0, 0.05) is 39.8 Å². The quantitative estimate of drug-likeness (QED) is 0.398. The number of carbonyl (C=O) groups is 3. The molecule has 0 aliphatic carbocycles. The number of nitrogens with one attached hydrogen (secondary N) is 1. The normalized spacial score (nSPS) is 14.7. The molecule has 1 aliphatic heterocycles. The van der Waals surface area contributed by atoms with E-state index in [4.69, 9.17) is 15.2 Å². The second kappa shape index (κ2) is 11.9. The van der Waals surface area contributed by atoms with E-state index in [1.54, 1.807) is 6.92 Å². The van der Waals surface area contributed by atoms with Crippen molar-refractivity contribution in [3.8, 4) is 0 Å². The van der Waals surface area contributed by atoms with Crippen LogP contribution in [0.1, 0.15) is 31.2 Å². The Morgan fingerprint density at radius 2 is 1.73 bits per heavy atom. The molecule has 3 N–H and O–H groups in total. The van der Waals surface area contributed by atoms with Crippen LogP contribution < -0.4 is 11.1 Å². The SMILES string of the molecule is COCCOC(=O)c1c(NC(=O)CN2CCN(Cc3ccccc3)CC2)sc(C(N)=O)c1C. The number of carbonyl (C=O) groups excluding carboxylic acids is 3. The van der Waals surface area contributed by atoms with Gasteiger partial charge in [-0.25, -0.2) is 4.79 Å². The zero-order valence-corrected chi connectivity index (χ0v) is 19.8. The number of piperazine rings is 1. The Bertz CT molecular complexity index is 971. The molecule has 1 aliphatic rings. The van der Waals surface area contributed by atoms with Crippen LogP contribution in [0.15, 0.2) is 30.3 Å². The number of primary amides is 1. The highest BCUT2D eigenvalue weighted by Crippen LogP contribution is 2.33. The number of benzene rings is 1. The molecule has 0 bridgehead atoms. The molecular weight excluding hydrogens is 444 g/mol. The fraction of sp³-hybridized carbons (Fsp3) is 0.435. The van der Waals surface area contributed by atoms with Crippen LogP contribution in [-0.4, -0.2) is 80.6 Å². The number of hydrogen-bond donors (Lipinski definition) is 2. The first-order chi connectivity index (χ1) is 15.9. The molecule has 1 aromatic heterocycles. The number of anilines is 1. The van der Waals surface area contributed by atoms with Crippen molar-refractivity contribution in [2.24, 2.45) is 5.73 Å². The predicted octanol–water partition coefficient (Wildman–Crippen LogP) is 1.71. The third-order valence-electron chi connectivity index (χ3n) is 5.43. The molecule has 178 valence electrons. The van der Waals surface area contributed by atoms with Gasteiger partial charge in [0.05, 0.1) is 23.6 Å². The summed E-state index contributed by atoms with van der Waals surface area (Å²) in [5.74, 6) is -1.54. The van der Waals surface area contributed by atoms with E-state index in [0.717, 1.165) is 44.1 Å². The number of ether oxygens (including phenoxy) is 2. The highest BCUT2D eigenvalue weighted by Gasteiger charge is 2.27. The van der Waals surface area contributed by atoms with Crippen molar-refractivity contribution in [2.45, 2.75) is 13.5 Å². The van der Waals surface area contributed by atoms with Gasteiger partial charge in [0.2, 0.25) is 5.91 Å². The van der Waals surface area contributed by atoms with E-state index < -0.39 is 11.9 Å². The molecule has 2 heterocycles. The smallest absolute Gasteiger partial charge is 0.341 e. The van der Waals surface area contributed by atoms with E-state index in [0.29, 0.717) is 5.56 Å². The summed E-state index contributed by atoms with van der Waals surface area (Å²) in [4.78, 5) is 41.7. The monoisotopic (exact) mass is 474 g/mol. The number of nitrogens with zero attached hydrogens (tertiary/aromatic N) is 2. The van der Waals surface area contributed by atoms with Crippen LogP contribution in [0, 0.1) is 6.92 Å². The van der Waals surface area contributed by atoms with Crippen LogP contribution >= 0.6 is 11.3 Å². The number of hydrogen-bond acceptors (Lipinski definition) is 8. The maximum atomic E-state index is 12.7. The highest BCUT2D eigenvalue weighted by molar-refractivity contribution is 7.18. The maximum absolute atomic E-state index is 12.7. The molecular formula is C23H30N4O5S. The average Bonchev–Trinajstić information content (AvgIpc) is 3.12. The molecule has 0 saturated carbocycles. The predicted molar refractivity (Wildman–Crippen MR) is 127 cm³/mol. The van der Waals surface area contributed by atoms with Gasteiger partial charge in [-0.2, -0.15) is 0 Å². The Hall–Kier alpha value is -2.79. The summed E-state index contributed by atoms with van der Waals surface area (Å²) < 4.78 is 10.1. The van der Waals surface area contributed by atoms with Crippen LogP contribution in [-0.2, 0) is 20.8 Å².